The number of nitrogens with two attached hydrogens (primary N) is 1. The van der Waals surface area contributed by atoms with E-state index in [0.717, 1.165) is 5.56 Å². The van der Waals surface area contributed by atoms with Crippen molar-refractivity contribution in [3.05, 3.63) is 41.5 Å². The van der Waals surface area contributed by atoms with Crippen molar-refractivity contribution in [3.63, 3.8) is 0 Å². The summed E-state index contributed by atoms with van der Waals surface area (Å²) in [6.45, 7) is 1.88. The van der Waals surface area contributed by atoms with E-state index in [2.05, 4.69) is 0 Å². The van der Waals surface area contributed by atoms with E-state index in [4.69, 9.17) is 10.5 Å². The monoisotopic (exact) mass is 213 g/mol. The number of ether oxygens (including phenoxy) is 1. The molecule has 2 nitrogen and oxygen atoms in total. The van der Waals surface area contributed by atoms with Gasteiger partial charge in [0.2, 0.25) is 0 Å². The minimum atomic E-state index is -0.372. The van der Waals surface area contributed by atoms with E-state index in [1.54, 1.807) is 13.0 Å². The first-order valence-electron chi connectivity index (χ1n) is 4.54. The van der Waals surface area contributed by atoms with E-state index >= 15 is 0 Å². The minimum Gasteiger partial charge on any atom is -0.489 e. The highest BCUT2D eigenvalue weighted by Gasteiger charge is 2.01. The highest BCUT2D eigenvalue weighted by Crippen LogP contribution is 2.16. The van der Waals surface area contributed by atoms with Crippen molar-refractivity contribution >= 4 is 0 Å². The molecule has 15 heavy (non-hydrogen) atoms. The third-order valence-electron chi connectivity index (χ3n) is 1.86. The van der Waals surface area contributed by atoms with Crippen LogP contribution in [-0.4, -0.2) is 13.2 Å². The Kier molecular flexibility index (Phi) is 4.24. The van der Waals surface area contributed by atoms with Gasteiger partial charge in [0.05, 0.1) is 6.33 Å². The molecule has 0 fully saturated rings. The molecule has 0 aliphatic rings. The van der Waals surface area contributed by atoms with Crippen LogP contribution in [0.5, 0.6) is 5.75 Å². The van der Waals surface area contributed by atoms with Gasteiger partial charge in [-0.1, -0.05) is 0 Å². The molecule has 0 aliphatic carbocycles. The number of benzene rings is 1. The summed E-state index contributed by atoms with van der Waals surface area (Å²) >= 11 is 0. The fourth-order valence-corrected chi connectivity index (χ4v) is 1.10. The molecular weight excluding hydrogens is 200 g/mol. The molecule has 0 aliphatic heterocycles. The van der Waals surface area contributed by atoms with Gasteiger partial charge in [-0.15, -0.1) is 0 Å². The van der Waals surface area contributed by atoms with E-state index in [0.29, 0.717) is 17.7 Å². The summed E-state index contributed by atoms with van der Waals surface area (Å²) in [6.07, 6.45) is 0.409. The van der Waals surface area contributed by atoms with Gasteiger partial charge in [0, 0.05) is 18.2 Å². The molecule has 0 spiro atoms. The number of rotatable bonds is 4. The van der Waals surface area contributed by atoms with Gasteiger partial charge in [-0.05, 0) is 24.6 Å². The van der Waals surface area contributed by atoms with Crippen molar-refractivity contribution in [3.8, 4) is 5.75 Å². The maximum Gasteiger partial charge on any atom is 0.127 e. The Hall–Kier alpha value is -1.42. The van der Waals surface area contributed by atoms with Crippen molar-refractivity contribution in [1.82, 2.24) is 0 Å². The zero-order chi connectivity index (χ0) is 11.3. The molecular formula is C11H13F2NO. The zero-order valence-electron chi connectivity index (χ0n) is 8.47. The first kappa shape index (κ1) is 11.7. The second-order valence-electron chi connectivity index (χ2n) is 3.22. The van der Waals surface area contributed by atoms with Crippen LogP contribution in [0.1, 0.15) is 5.56 Å². The summed E-state index contributed by atoms with van der Waals surface area (Å²) in [5, 5.41) is 0. The van der Waals surface area contributed by atoms with Crippen molar-refractivity contribution in [2.24, 2.45) is 5.73 Å². The van der Waals surface area contributed by atoms with Gasteiger partial charge in [0.15, 0.2) is 0 Å². The van der Waals surface area contributed by atoms with Crippen LogP contribution in [0.3, 0.4) is 0 Å². The molecule has 0 radical (unpaired) electrons. The van der Waals surface area contributed by atoms with Crippen LogP contribution in [0.15, 0.2) is 30.1 Å². The Labute approximate surface area is 87.4 Å². The third kappa shape index (κ3) is 3.67. The SMILES string of the molecule is Cc1cc(F)cc(OCC(=CF)CN)c1. The molecule has 0 saturated carbocycles. The second kappa shape index (κ2) is 5.46. The van der Waals surface area contributed by atoms with Gasteiger partial charge in [0.25, 0.3) is 0 Å². The normalized spacial score (nSPS) is 11.6. The molecule has 82 valence electrons. The standard InChI is InChI=1S/C11H13F2NO/c1-8-2-10(13)4-11(3-8)15-7-9(5-12)6-14/h2-5H,6-7,14H2,1H3. The van der Waals surface area contributed by atoms with Crippen LogP contribution in [0.25, 0.3) is 0 Å². The van der Waals surface area contributed by atoms with E-state index in [1.807, 2.05) is 0 Å². The average Bonchev–Trinajstić information content (AvgIpc) is 2.18. The lowest BCUT2D eigenvalue weighted by Crippen LogP contribution is -2.10. The van der Waals surface area contributed by atoms with Crippen LogP contribution in [0.2, 0.25) is 0 Å². The molecule has 2 N–H and O–H groups in total. The molecule has 0 amide bonds. The molecule has 0 bridgehead atoms. The summed E-state index contributed by atoms with van der Waals surface area (Å²) in [4.78, 5) is 0. The van der Waals surface area contributed by atoms with Crippen molar-refractivity contribution in [2.75, 3.05) is 13.2 Å². The molecule has 0 saturated heterocycles. The zero-order valence-corrected chi connectivity index (χ0v) is 8.47. The van der Waals surface area contributed by atoms with Crippen LogP contribution in [0, 0.1) is 12.7 Å². The Morgan fingerprint density at radius 2 is 2.20 bits per heavy atom. The molecule has 0 aromatic heterocycles. The van der Waals surface area contributed by atoms with Gasteiger partial charge >= 0.3 is 0 Å². The van der Waals surface area contributed by atoms with Gasteiger partial charge in [-0.2, -0.15) is 0 Å². The van der Waals surface area contributed by atoms with Crippen molar-refractivity contribution in [2.45, 2.75) is 6.92 Å². The van der Waals surface area contributed by atoms with Crippen LogP contribution >= 0.6 is 0 Å². The number of aryl methyl sites for hydroxylation is 1. The first-order chi connectivity index (χ1) is 7.15. The molecule has 1 aromatic carbocycles. The third-order valence-corrected chi connectivity index (χ3v) is 1.86. The van der Waals surface area contributed by atoms with E-state index in [-0.39, 0.29) is 19.0 Å². The van der Waals surface area contributed by atoms with Crippen molar-refractivity contribution in [1.29, 1.82) is 0 Å². The lowest BCUT2D eigenvalue weighted by atomic mass is 10.2. The van der Waals surface area contributed by atoms with E-state index < -0.39 is 0 Å². The maximum atomic E-state index is 12.9. The molecule has 0 unspecified atom stereocenters. The van der Waals surface area contributed by atoms with Gasteiger partial charge in [0.1, 0.15) is 18.2 Å². The first-order valence-corrected chi connectivity index (χ1v) is 4.54. The summed E-state index contributed by atoms with van der Waals surface area (Å²) in [6, 6.07) is 4.32. The van der Waals surface area contributed by atoms with E-state index in [9.17, 15) is 8.78 Å². The molecule has 0 atom stereocenters. The smallest absolute Gasteiger partial charge is 0.127 e. The van der Waals surface area contributed by atoms with Gasteiger partial charge in [-0.3, -0.25) is 0 Å². The Morgan fingerprint density at radius 1 is 1.47 bits per heavy atom. The Balaban J connectivity index is 2.65. The predicted molar refractivity (Wildman–Crippen MR) is 54.9 cm³/mol. The number of halogens is 2. The van der Waals surface area contributed by atoms with Crippen molar-refractivity contribution < 1.29 is 13.5 Å². The van der Waals surface area contributed by atoms with Crippen LogP contribution in [-0.2, 0) is 0 Å². The summed E-state index contributed by atoms with van der Waals surface area (Å²) in [5.74, 6) is 0.00354. The van der Waals surface area contributed by atoms with E-state index in [1.165, 1.54) is 12.1 Å². The number of hydrogen-bond donors (Lipinski definition) is 1. The molecule has 1 rings (SSSR count). The predicted octanol–water partition coefficient (Wildman–Crippen LogP) is 2.33. The fraction of sp³-hybridized carbons (Fsp3) is 0.273. The van der Waals surface area contributed by atoms with Crippen LogP contribution in [0.4, 0.5) is 8.78 Å². The topological polar surface area (TPSA) is 35.2 Å². The Bertz CT molecular complexity index is 343. The summed E-state index contributed by atoms with van der Waals surface area (Å²) in [5.41, 5.74) is 6.33. The maximum absolute atomic E-state index is 12.9. The molecule has 1 aromatic rings. The largest absolute Gasteiger partial charge is 0.489 e. The quantitative estimate of drug-likeness (QED) is 0.833. The number of hydrogen-bond acceptors (Lipinski definition) is 2. The summed E-state index contributed by atoms with van der Waals surface area (Å²) < 4.78 is 30.2. The second-order valence-corrected chi connectivity index (χ2v) is 3.22. The summed E-state index contributed by atoms with van der Waals surface area (Å²) in [7, 11) is 0. The average molecular weight is 213 g/mol. The molecule has 0 heterocycles. The Morgan fingerprint density at radius 3 is 2.73 bits per heavy atom. The van der Waals surface area contributed by atoms with Crippen LogP contribution < -0.4 is 10.5 Å². The lowest BCUT2D eigenvalue weighted by molar-refractivity contribution is 0.345. The van der Waals surface area contributed by atoms with Gasteiger partial charge in [-0.25, -0.2) is 8.78 Å². The minimum absolute atomic E-state index is 0.0376. The van der Waals surface area contributed by atoms with Gasteiger partial charge < -0.3 is 10.5 Å². The fourth-order valence-electron chi connectivity index (χ4n) is 1.10. The molecule has 4 heteroatoms. The highest BCUT2D eigenvalue weighted by molar-refractivity contribution is 5.29. The lowest BCUT2D eigenvalue weighted by Gasteiger charge is -2.07. The highest BCUT2D eigenvalue weighted by atomic mass is 19.1.